The first-order chi connectivity index (χ1) is 9.72. The predicted molar refractivity (Wildman–Crippen MR) is 76.1 cm³/mol. The molecule has 0 spiro atoms. The van der Waals surface area contributed by atoms with Gasteiger partial charge < -0.3 is 10.4 Å². The van der Waals surface area contributed by atoms with Gasteiger partial charge in [-0.25, -0.2) is 4.68 Å². The van der Waals surface area contributed by atoms with Gasteiger partial charge in [0.15, 0.2) is 5.82 Å². The molecule has 1 saturated carbocycles. The monoisotopic (exact) mass is 273 g/mol. The Bertz CT molecular complexity index is 574. The maximum absolute atomic E-state index is 9.54. The number of tetrazole rings is 1. The summed E-state index contributed by atoms with van der Waals surface area (Å²) in [4.78, 5) is 0. The summed E-state index contributed by atoms with van der Waals surface area (Å²) in [6.45, 7) is 0. The normalized spacial score (nSPS) is 22.7. The van der Waals surface area contributed by atoms with Crippen LogP contribution in [0.15, 0.2) is 24.3 Å². The number of hydrogen-bond donors (Lipinski definition) is 2. The van der Waals surface area contributed by atoms with Gasteiger partial charge >= 0.3 is 0 Å². The van der Waals surface area contributed by atoms with Crippen LogP contribution in [0.4, 0.5) is 5.69 Å². The van der Waals surface area contributed by atoms with E-state index in [1.54, 1.807) is 4.68 Å². The summed E-state index contributed by atoms with van der Waals surface area (Å²) in [7, 11) is 1.83. The second-order valence-corrected chi connectivity index (χ2v) is 5.36. The van der Waals surface area contributed by atoms with E-state index in [0.29, 0.717) is 6.04 Å². The highest BCUT2D eigenvalue weighted by Gasteiger charge is 2.19. The SMILES string of the molecule is Cn1nnnc1-c1cccc(NC2CCC(O)CC2)c1. The Morgan fingerprint density at radius 3 is 2.75 bits per heavy atom. The molecule has 2 aromatic rings. The van der Waals surface area contributed by atoms with E-state index in [9.17, 15) is 5.11 Å². The molecule has 0 unspecified atom stereocenters. The first-order valence-electron chi connectivity index (χ1n) is 7.00. The summed E-state index contributed by atoms with van der Waals surface area (Å²) < 4.78 is 1.66. The molecule has 1 aromatic carbocycles. The molecule has 106 valence electrons. The van der Waals surface area contributed by atoms with E-state index in [1.807, 2.05) is 19.2 Å². The Balaban J connectivity index is 1.73. The summed E-state index contributed by atoms with van der Waals surface area (Å²) in [5.41, 5.74) is 2.07. The van der Waals surface area contributed by atoms with Gasteiger partial charge in [0.2, 0.25) is 0 Å². The van der Waals surface area contributed by atoms with Gasteiger partial charge in [-0.1, -0.05) is 12.1 Å². The summed E-state index contributed by atoms with van der Waals surface area (Å²) >= 11 is 0. The van der Waals surface area contributed by atoms with Gasteiger partial charge in [-0.3, -0.25) is 0 Å². The summed E-state index contributed by atoms with van der Waals surface area (Å²) in [5.74, 6) is 0.757. The second-order valence-electron chi connectivity index (χ2n) is 5.36. The molecule has 0 saturated heterocycles. The third-order valence-electron chi connectivity index (χ3n) is 3.81. The lowest BCUT2D eigenvalue weighted by atomic mass is 9.93. The average Bonchev–Trinajstić information content (AvgIpc) is 2.88. The quantitative estimate of drug-likeness (QED) is 0.888. The summed E-state index contributed by atoms with van der Waals surface area (Å²) in [6.07, 6.45) is 3.66. The number of rotatable bonds is 3. The van der Waals surface area contributed by atoms with Crippen LogP contribution in [0.2, 0.25) is 0 Å². The Kier molecular flexibility index (Phi) is 3.64. The highest BCUT2D eigenvalue weighted by atomic mass is 16.3. The molecule has 1 heterocycles. The van der Waals surface area contributed by atoms with Crippen molar-refractivity contribution in [3.63, 3.8) is 0 Å². The molecule has 20 heavy (non-hydrogen) atoms. The molecule has 6 heteroatoms. The van der Waals surface area contributed by atoms with Crippen LogP contribution in [-0.2, 0) is 7.05 Å². The fraction of sp³-hybridized carbons (Fsp3) is 0.500. The maximum atomic E-state index is 9.54. The largest absolute Gasteiger partial charge is 0.393 e. The maximum Gasteiger partial charge on any atom is 0.181 e. The minimum Gasteiger partial charge on any atom is -0.393 e. The zero-order chi connectivity index (χ0) is 13.9. The number of aliphatic hydroxyl groups is 1. The van der Waals surface area contributed by atoms with E-state index < -0.39 is 0 Å². The molecule has 3 rings (SSSR count). The van der Waals surface area contributed by atoms with Crippen LogP contribution >= 0.6 is 0 Å². The predicted octanol–water partition coefficient (Wildman–Crippen LogP) is 1.59. The highest BCUT2D eigenvalue weighted by molar-refractivity contribution is 5.62. The molecule has 0 radical (unpaired) electrons. The minimum absolute atomic E-state index is 0.121. The van der Waals surface area contributed by atoms with Crippen molar-refractivity contribution in [3.8, 4) is 11.4 Å². The van der Waals surface area contributed by atoms with Gasteiger partial charge in [-0.2, -0.15) is 0 Å². The number of aryl methyl sites for hydroxylation is 1. The molecule has 6 nitrogen and oxygen atoms in total. The van der Waals surface area contributed by atoms with Gasteiger partial charge in [-0.15, -0.1) is 5.10 Å². The number of hydrogen-bond acceptors (Lipinski definition) is 5. The standard InChI is InChI=1S/C14H19N5O/c1-19-14(16-17-18-19)10-3-2-4-12(9-10)15-11-5-7-13(20)8-6-11/h2-4,9,11,13,15,20H,5-8H2,1H3. The van der Waals surface area contributed by atoms with E-state index in [-0.39, 0.29) is 6.10 Å². The van der Waals surface area contributed by atoms with E-state index >= 15 is 0 Å². The lowest BCUT2D eigenvalue weighted by Crippen LogP contribution is -2.28. The molecule has 1 aromatic heterocycles. The number of anilines is 1. The first-order valence-corrected chi connectivity index (χ1v) is 7.00. The average molecular weight is 273 g/mol. The fourth-order valence-electron chi connectivity index (χ4n) is 2.68. The lowest BCUT2D eigenvalue weighted by molar-refractivity contribution is 0.126. The topological polar surface area (TPSA) is 75.9 Å². The van der Waals surface area contributed by atoms with Gasteiger partial charge in [0.05, 0.1) is 6.10 Å². The second kappa shape index (κ2) is 5.58. The smallest absolute Gasteiger partial charge is 0.181 e. The van der Waals surface area contributed by atoms with Gasteiger partial charge in [0.25, 0.3) is 0 Å². The van der Waals surface area contributed by atoms with Crippen LogP contribution in [0.25, 0.3) is 11.4 Å². The van der Waals surface area contributed by atoms with Crippen molar-refractivity contribution in [1.82, 2.24) is 20.2 Å². The third kappa shape index (κ3) is 2.80. The van der Waals surface area contributed by atoms with E-state index in [1.165, 1.54) is 0 Å². The minimum atomic E-state index is -0.121. The molecule has 1 aliphatic rings. The number of aromatic nitrogens is 4. The first kappa shape index (κ1) is 13.1. The van der Waals surface area contributed by atoms with Crippen LogP contribution in [0, 0.1) is 0 Å². The van der Waals surface area contributed by atoms with Gasteiger partial charge in [0, 0.05) is 24.3 Å². The number of benzene rings is 1. The Labute approximate surface area is 117 Å². The van der Waals surface area contributed by atoms with Crippen molar-refractivity contribution >= 4 is 5.69 Å². The number of nitrogens with one attached hydrogen (secondary N) is 1. The molecule has 2 N–H and O–H groups in total. The van der Waals surface area contributed by atoms with Crippen molar-refractivity contribution in [3.05, 3.63) is 24.3 Å². The highest BCUT2D eigenvalue weighted by Crippen LogP contribution is 2.24. The molecular weight excluding hydrogens is 254 g/mol. The van der Waals surface area contributed by atoms with Gasteiger partial charge in [0.1, 0.15) is 0 Å². The van der Waals surface area contributed by atoms with Crippen molar-refractivity contribution in [2.24, 2.45) is 7.05 Å². The van der Waals surface area contributed by atoms with Crippen molar-refractivity contribution < 1.29 is 5.11 Å². The molecule has 1 fully saturated rings. The van der Waals surface area contributed by atoms with E-state index in [4.69, 9.17) is 0 Å². The zero-order valence-electron chi connectivity index (χ0n) is 11.5. The molecule has 1 aliphatic carbocycles. The fourth-order valence-corrected chi connectivity index (χ4v) is 2.68. The molecule has 0 atom stereocenters. The van der Waals surface area contributed by atoms with Crippen LogP contribution in [0.1, 0.15) is 25.7 Å². The lowest BCUT2D eigenvalue weighted by Gasteiger charge is -2.27. The van der Waals surface area contributed by atoms with Crippen LogP contribution in [0.5, 0.6) is 0 Å². The summed E-state index contributed by atoms with van der Waals surface area (Å²) in [5, 5.41) is 24.6. The molecular formula is C14H19N5O. The molecule has 0 aliphatic heterocycles. The van der Waals surface area contributed by atoms with Crippen molar-refractivity contribution in [2.75, 3.05) is 5.32 Å². The zero-order valence-corrected chi connectivity index (χ0v) is 11.5. The molecule has 0 amide bonds. The number of nitrogens with zero attached hydrogens (tertiary/aromatic N) is 4. The van der Waals surface area contributed by atoms with Crippen molar-refractivity contribution in [2.45, 2.75) is 37.8 Å². The van der Waals surface area contributed by atoms with Crippen LogP contribution in [-0.4, -0.2) is 37.5 Å². The van der Waals surface area contributed by atoms with Gasteiger partial charge in [-0.05, 0) is 48.2 Å². The Hall–Kier alpha value is -1.95. The Morgan fingerprint density at radius 1 is 1.25 bits per heavy atom. The van der Waals surface area contributed by atoms with Crippen LogP contribution in [0.3, 0.4) is 0 Å². The van der Waals surface area contributed by atoms with Crippen molar-refractivity contribution in [1.29, 1.82) is 0 Å². The Morgan fingerprint density at radius 2 is 2.05 bits per heavy atom. The van der Waals surface area contributed by atoms with E-state index in [0.717, 1.165) is 42.8 Å². The number of aliphatic hydroxyl groups excluding tert-OH is 1. The summed E-state index contributed by atoms with van der Waals surface area (Å²) in [6, 6.07) is 8.56. The third-order valence-corrected chi connectivity index (χ3v) is 3.81. The molecule has 0 bridgehead atoms. The van der Waals surface area contributed by atoms with Crippen LogP contribution < -0.4 is 5.32 Å². The van der Waals surface area contributed by atoms with E-state index in [2.05, 4.69) is 33.0 Å².